The molecule has 0 aliphatic carbocycles. The Morgan fingerprint density at radius 3 is 2.60 bits per heavy atom. The second-order valence-corrected chi connectivity index (χ2v) is 5.16. The lowest BCUT2D eigenvalue weighted by atomic mass is 10.1. The van der Waals surface area contributed by atoms with Gasteiger partial charge >= 0.3 is 0 Å². The van der Waals surface area contributed by atoms with E-state index in [1.54, 1.807) is 0 Å². The Balaban J connectivity index is 1.87. The van der Waals surface area contributed by atoms with E-state index in [1.165, 1.54) is 30.6 Å². The highest BCUT2D eigenvalue weighted by Gasteiger charge is 1.97. The average Bonchev–Trinajstić information content (AvgIpc) is 2.68. The lowest BCUT2D eigenvalue weighted by molar-refractivity contribution is -0.111. The first kappa shape index (κ1) is 12.7. The smallest absolute Gasteiger partial charge is 0.221 e. The number of unbranched alkanes of at least 4 members (excludes halogenated alkanes) is 4. The Hall–Kier alpha value is -0.340. The van der Waals surface area contributed by atoms with E-state index in [0.29, 0.717) is 6.42 Å². The Kier molecular flexibility index (Phi) is 6.69. The van der Waals surface area contributed by atoms with Gasteiger partial charge in [0.05, 0.1) is 0 Å². The third-order valence-electron chi connectivity index (χ3n) is 2.38. The van der Waals surface area contributed by atoms with Gasteiger partial charge in [-0.25, -0.2) is 0 Å². The van der Waals surface area contributed by atoms with Gasteiger partial charge in [-0.15, -0.1) is 11.3 Å². The summed E-state index contributed by atoms with van der Waals surface area (Å²) >= 11 is 7.08. The van der Waals surface area contributed by atoms with E-state index in [0.717, 1.165) is 12.8 Å². The summed E-state index contributed by atoms with van der Waals surface area (Å²) in [5, 5.41) is 1.93. The molecule has 0 aliphatic rings. The Morgan fingerprint density at radius 1 is 1.20 bits per heavy atom. The summed E-state index contributed by atoms with van der Waals surface area (Å²) < 4.78 is 0. The number of rotatable bonds is 8. The van der Waals surface area contributed by atoms with Crippen LogP contribution >= 0.6 is 22.9 Å². The van der Waals surface area contributed by atoms with Crippen molar-refractivity contribution in [2.75, 3.05) is 0 Å². The standard InChI is InChI=1S/C12H17ClOS/c13-12(14)9-5-3-1-2-4-7-11-8-6-10-15-11/h6,8,10H,1-5,7,9H2. The van der Waals surface area contributed by atoms with Crippen LogP contribution in [0, 0.1) is 0 Å². The van der Waals surface area contributed by atoms with Crippen molar-refractivity contribution < 1.29 is 4.79 Å². The molecule has 0 unspecified atom stereocenters. The number of carbonyl (C=O) groups excluding carboxylic acids is 1. The van der Waals surface area contributed by atoms with Crippen molar-refractivity contribution in [1.82, 2.24) is 0 Å². The fourth-order valence-corrected chi connectivity index (χ4v) is 2.43. The molecule has 15 heavy (non-hydrogen) atoms. The Bertz CT molecular complexity index is 269. The summed E-state index contributed by atoms with van der Waals surface area (Å²) in [7, 11) is 0. The van der Waals surface area contributed by atoms with Crippen molar-refractivity contribution >= 4 is 28.2 Å². The first-order valence-electron chi connectivity index (χ1n) is 5.50. The molecule has 0 saturated carbocycles. The summed E-state index contributed by atoms with van der Waals surface area (Å²) in [5.74, 6) is 0. The monoisotopic (exact) mass is 244 g/mol. The number of hydrogen-bond donors (Lipinski definition) is 0. The SMILES string of the molecule is O=C(Cl)CCCCCCCc1cccs1. The van der Waals surface area contributed by atoms with Crippen LogP contribution in [0.5, 0.6) is 0 Å². The van der Waals surface area contributed by atoms with Crippen molar-refractivity contribution in [3.63, 3.8) is 0 Å². The van der Waals surface area contributed by atoms with E-state index >= 15 is 0 Å². The molecule has 1 aromatic rings. The molecule has 0 aliphatic heterocycles. The Labute approximate surface area is 100 Å². The third-order valence-corrected chi connectivity index (χ3v) is 3.50. The topological polar surface area (TPSA) is 17.1 Å². The van der Waals surface area contributed by atoms with E-state index in [-0.39, 0.29) is 5.24 Å². The largest absolute Gasteiger partial charge is 0.281 e. The molecule has 84 valence electrons. The van der Waals surface area contributed by atoms with Gasteiger partial charge in [0.25, 0.3) is 0 Å². The van der Waals surface area contributed by atoms with Gasteiger partial charge in [-0.05, 0) is 42.3 Å². The lowest BCUT2D eigenvalue weighted by Gasteiger charge is -1.99. The van der Waals surface area contributed by atoms with Gasteiger partial charge in [-0.2, -0.15) is 0 Å². The lowest BCUT2D eigenvalue weighted by Crippen LogP contribution is -1.87. The molecular formula is C12H17ClOS. The zero-order valence-corrected chi connectivity index (χ0v) is 10.4. The number of hydrogen-bond acceptors (Lipinski definition) is 2. The van der Waals surface area contributed by atoms with Crippen LogP contribution in [0.4, 0.5) is 0 Å². The van der Waals surface area contributed by atoms with Crippen molar-refractivity contribution in [3.8, 4) is 0 Å². The van der Waals surface area contributed by atoms with Crippen LogP contribution in [0.2, 0.25) is 0 Å². The maximum Gasteiger partial charge on any atom is 0.221 e. The van der Waals surface area contributed by atoms with Gasteiger partial charge in [0, 0.05) is 11.3 Å². The molecule has 0 N–H and O–H groups in total. The first-order chi connectivity index (χ1) is 7.29. The fourth-order valence-electron chi connectivity index (χ4n) is 1.55. The van der Waals surface area contributed by atoms with Gasteiger partial charge in [-0.3, -0.25) is 4.79 Å². The van der Waals surface area contributed by atoms with Gasteiger partial charge in [0.2, 0.25) is 5.24 Å². The second kappa shape index (κ2) is 7.89. The minimum Gasteiger partial charge on any atom is -0.281 e. The predicted octanol–water partition coefficient (Wildman–Crippen LogP) is 4.40. The average molecular weight is 245 g/mol. The van der Waals surface area contributed by atoms with E-state index in [9.17, 15) is 4.79 Å². The third kappa shape index (κ3) is 6.69. The second-order valence-electron chi connectivity index (χ2n) is 3.70. The highest BCUT2D eigenvalue weighted by Crippen LogP contribution is 2.14. The van der Waals surface area contributed by atoms with Crippen LogP contribution < -0.4 is 0 Å². The molecule has 3 heteroatoms. The van der Waals surface area contributed by atoms with E-state index in [2.05, 4.69) is 17.5 Å². The van der Waals surface area contributed by atoms with E-state index in [1.807, 2.05) is 11.3 Å². The highest BCUT2D eigenvalue weighted by atomic mass is 35.5. The van der Waals surface area contributed by atoms with Crippen LogP contribution in [0.15, 0.2) is 17.5 Å². The molecule has 0 bridgehead atoms. The highest BCUT2D eigenvalue weighted by molar-refractivity contribution is 7.09. The Morgan fingerprint density at radius 2 is 1.93 bits per heavy atom. The zero-order valence-electron chi connectivity index (χ0n) is 8.88. The summed E-state index contributed by atoms with van der Waals surface area (Å²) in [5.41, 5.74) is 0. The van der Waals surface area contributed by atoms with Gasteiger partial charge in [0.15, 0.2) is 0 Å². The molecule has 1 rings (SSSR count). The fraction of sp³-hybridized carbons (Fsp3) is 0.583. The molecule has 1 heterocycles. The van der Waals surface area contributed by atoms with E-state index < -0.39 is 0 Å². The van der Waals surface area contributed by atoms with Crippen LogP contribution in [0.1, 0.15) is 43.4 Å². The summed E-state index contributed by atoms with van der Waals surface area (Å²) in [4.78, 5) is 11.9. The minimum absolute atomic E-state index is 0.200. The van der Waals surface area contributed by atoms with Gasteiger partial charge in [-0.1, -0.05) is 25.3 Å². The first-order valence-corrected chi connectivity index (χ1v) is 6.75. The number of aryl methyl sites for hydroxylation is 1. The number of thiophene rings is 1. The van der Waals surface area contributed by atoms with Crippen molar-refractivity contribution in [1.29, 1.82) is 0 Å². The van der Waals surface area contributed by atoms with Crippen molar-refractivity contribution in [2.24, 2.45) is 0 Å². The molecular weight excluding hydrogens is 228 g/mol. The summed E-state index contributed by atoms with van der Waals surface area (Å²) in [6.45, 7) is 0. The molecule has 0 spiro atoms. The van der Waals surface area contributed by atoms with E-state index in [4.69, 9.17) is 11.6 Å². The molecule has 0 atom stereocenters. The molecule has 0 amide bonds. The summed E-state index contributed by atoms with van der Waals surface area (Å²) in [6.07, 6.45) is 7.54. The van der Waals surface area contributed by atoms with Crippen LogP contribution in [-0.2, 0) is 11.2 Å². The minimum atomic E-state index is -0.200. The van der Waals surface area contributed by atoms with Crippen LogP contribution in [0.3, 0.4) is 0 Å². The molecule has 0 fully saturated rings. The summed E-state index contributed by atoms with van der Waals surface area (Å²) in [6, 6.07) is 4.29. The van der Waals surface area contributed by atoms with Crippen molar-refractivity contribution in [3.05, 3.63) is 22.4 Å². The van der Waals surface area contributed by atoms with Gasteiger partial charge < -0.3 is 0 Å². The number of carbonyl (C=O) groups is 1. The van der Waals surface area contributed by atoms with Crippen molar-refractivity contribution in [2.45, 2.75) is 44.9 Å². The van der Waals surface area contributed by atoms with Crippen LogP contribution in [-0.4, -0.2) is 5.24 Å². The quantitative estimate of drug-likeness (QED) is 0.489. The predicted molar refractivity (Wildman–Crippen MR) is 66.6 cm³/mol. The zero-order chi connectivity index (χ0) is 10.9. The molecule has 0 saturated heterocycles. The molecule has 0 radical (unpaired) electrons. The molecule has 1 nitrogen and oxygen atoms in total. The van der Waals surface area contributed by atoms with Crippen LogP contribution in [0.25, 0.3) is 0 Å². The maximum atomic E-state index is 10.5. The molecule has 1 aromatic heterocycles. The molecule has 0 aromatic carbocycles. The number of halogens is 1. The maximum absolute atomic E-state index is 10.5. The van der Waals surface area contributed by atoms with Gasteiger partial charge in [0.1, 0.15) is 0 Å². The normalized spacial score (nSPS) is 10.5.